The molecular formula is C27H38ClN3O2. The molecule has 5 nitrogen and oxygen atoms in total. The molecular weight excluding hydrogens is 434 g/mol. The fourth-order valence-electron chi connectivity index (χ4n) is 3.50. The molecule has 2 aromatic carbocycles. The Morgan fingerprint density at radius 3 is 2.12 bits per heavy atom. The Hall–Kier alpha value is -2.53. The second-order valence-corrected chi connectivity index (χ2v) is 10.7. The van der Waals surface area contributed by atoms with Gasteiger partial charge in [0.05, 0.1) is 11.5 Å². The van der Waals surface area contributed by atoms with Gasteiger partial charge >= 0.3 is 0 Å². The van der Waals surface area contributed by atoms with E-state index in [2.05, 4.69) is 12.2 Å². The minimum atomic E-state index is -0.683. The molecule has 0 aromatic heterocycles. The summed E-state index contributed by atoms with van der Waals surface area (Å²) >= 11 is 5.98. The molecule has 0 aliphatic carbocycles. The number of halogens is 1. The van der Waals surface area contributed by atoms with Crippen molar-refractivity contribution < 1.29 is 9.59 Å². The van der Waals surface area contributed by atoms with Gasteiger partial charge in [0, 0.05) is 43.3 Å². The van der Waals surface area contributed by atoms with Crippen LogP contribution < -0.4 is 10.2 Å². The fraction of sp³-hybridized carbons (Fsp3) is 0.481. The van der Waals surface area contributed by atoms with E-state index in [1.165, 1.54) is 0 Å². The van der Waals surface area contributed by atoms with Gasteiger partial charge < -0.3 is 15.1 Å². The summed E-state index contributed by atoms with van der Waals surface area (Å²) in [6.07, 6.45) is 0. The van der Waals surface area contributed by atoms with Crippen LogP contribution in [0.25, 0.3) is 0 Å². The van der Waals surface area contributed by atoms with E-state index in [9.17, 15) is 9.59 Å². The number of carbonyl (C=O) groups is 2. The summed E-state index contributed by atoms with van der Waals surface area (Å²) in [6, 6.07) is 15.8. The van der Waals surface area contributed by atoms with E-state index in [-0.39, 0.29) is 23.7 Å². The summed E-state index contributed by atoms with van der Waals surface area (Å²) in [7, 11) is 3.95. The molecule has 2 aromatic rings. The Labute approximate surface area is 204 Å². The van der Waals surface area contributed by atoms with Crippen LogP contribution in [0.15, 0.2) is 48.5 Å². The van der Waals surface area contributed by atoms with Gasteiger partial charge in [-0.2, -0.15) is 0 Å². The highest BCUT2D eigenvalue weighted by molar-refractivity contribution is 6.20. The van der Waals surface area contributed by atoms with Gasteiger partial charge in [-0.05, 0) is 50.1 Å². The number of alkyl halides is 1. The van der Waals surface area contributed by atoms with Crippen LogP contribution >= 0.6 is 11.6 Å². The third-order valence-electron chi connectivity index (χ3n) is 5.76. The molecule has 0 heterocycles. The van der Waals surface area contributed by atoms with Crippen LogP contribution in [0.2, 0.25) is 0 Å². The van der Waals surface area contributed by atoms with Crippen LogP contribution in [0.5, 0.6) is 0 Å². The lowest BCUT2D eigenvalue weighted by molar-refractivity contribution is -0.142. The Kier molecular flexibility index (Phi) is 8.58. The normalized spacial score (nSPS) is 12.8. The molecule has 1 atom stereocenters. The number of hydrogen-bond donors (Lipinski definition) is 1. The third-order valence-corrected chi connectivity index (χ3v) is 6.43. The standard InChI is InChI=1S/C27H38ClN3O2/c1-19(20-12-10-9-11-13-20)31(25(33)26(2,3)4)17-21-16-22(14-15-23(21)30(7)8)29-24(32)27(5,6)18-28/h9-16,19H,17-18H2,1-8H3,(H,29,32)/t19-/m0/s1. The first-order valence-electron chi connectivity index (χ1n) is 11.3. The molecule has 0 bridgehead atoms. The van der Waals surface area contributed by atoms with Crippen molar-refractivity contribution >= 4 is 34.8 Å². The maximum atomic E-state index is 13.5. The third kappa shape index (κ3) is 6.73. The topological polar surface area (TPSA) is 52.7 Å². The molecule has 180 valence electrons. The summed E-state index contributed by atoms with van der Waals surface area (Å²) in [4.78, 5) is 30.2. The molecule has 2 rings (SSSR count). The van der Waals surface area contributed by atoms with E-state index in [1.54, 1.807) is 0 Å². The lowest BCUT2D eigenvalue weighted by Gasteiger charge is -2.36. The second-order valence-electron chi connectivity index (χ2n) is 10.5. The number of anilines is 2. The van der Waals surface area contributed by atoms with E-state index >= 15 is 0 Å². The Bertz CT molecular complexity index is 965. The molecule has 0 aliphatic rings. The number of amides is 2. The number of nitrogens with zero attached hydrogens (tertiary/aromatic N) is 2. The zero-order valence-corrected chi connectivity index (χ0v) is 22.0. The van der Waals surface area contributed by atoms with Gasteiger partial charge in [0.2, 0.25) is 11.8 Å². The SMILES string of the molecule is C[C@@H](c1ccccc1)N(Cc1cc(NC(=O)C(C)(C)CCl)ccc1N(C)C)C(=O)C(C)(C)C. The van der Waals surface area contributed by atoms with Crippen LogP contribution in [-0.2, 0) is 16.1 Å². The first-order chi connectivity index (χ1) is 15.3. The van der Waals surface area contributed by atoms with Crippen molar-refractivity contribution in [2.45, 2.75) is 54.1 Å². The van der Waals surface area contributed by atoms with E-state index in [4.69, 9.17) is 11.6 Å². The first kappa shape index (κ1) is 26.7. The highest BCUT2D eigenvalue weighted by Crippen LogP contribution is 2.32. The van der Waals surface area contributed by atoms with Crippen molar-refractivity contribution in [2.75, 3.05) is 30.2 Å². The van der Waals surface area contributed by atoms with Gasteiger partial charge in [-0.25, -0.2) is 0 Å². The summed E-state index contributed by atoms with van der Waals surface area (Å²) < 4.78 is 0. The van der Waals surface area contributed by atoms with Crippen LogP contribution in [0, 0.1) is 10.8 Å². The first-order valence-corrected chi connectivity index (χ1v) is 11.8. The van der Waals surface area contributed by atoms with Crippen molar-refractivity contribution in [1.29, 1.82) is 0 Å². The molecule has 0 fully saturated rings. The molecule has 0 saturated heterocycles. The van der Waals surface area contributed by atoms with E-state index in [1.807, 2.05) is 107 Å². The number of nitrogens with one attached hydrogen (secondary N) is 1. The lowest BCUT2D eigenvalue weighted by Crippen LogP contribution is -2.41. The van der Waals surface area contributed by atoms with Crippen molar-refractivity contribution in [1.82, 2.24) is 4.90 Å². The highest BCUT2D eigenvalue weighted by Gasteiger charge is 2.32. The van der Waals surface area contributed by atoms with Gasteiger partial charge in [-0.3, -0.25) is 9.59 Å². The second kappa shape index (κ2) is 10.6. The zero-order valence-electron chi connectivity index (χ0n) is 21.2. The average molecular weight is 472 g/mol. The summed E-state index contributed by atoms with van der Waals surface area (Å²) in [6.45, 7) is 11.9. The molecule has 0 unspecified atom stereocenters. The lowest BCUT2D eigenvalue weighted by atomic mass is 9.92. The fourth-order valence-corrected chi connectivity index (χ4v) is 3.62. The molecule has 0 saturated carbocycles. The number of hydrogen-bond acceptors (Lipinski definition) is 3. The van der Waals surface area contributed by atoms with E-state index in [0.717, 1.165) is 16.8 Å². The average Bonchev–Trinajstić information content (AvgIpc) is 2.76. The largest absolute Gasteiger partial charge is 0.377 e. The highest BCUT2D eigenvalue weighted by atomic mass is 35.5. The maximum absolute atomic E-state index is 13.5. The van der Waals surface area contributed by atoms with Gasteiger partial charge in [0.25, 0.3) is 0 Å². The number of benzene rings is 2. The van der Waals surface area contributed by atoms with Gasteiger partial charge in [-0.1, -0.05) is 51.1 Å². The predicted molar refractivity (Wildman–Crippen MR) is 139 cm³/mol. The van der Waals surface area contributed by atoms with Crippen molar-refractivity contribution in [3.63, 3.8) is 0 Å². The Balaban J connectivity index is 2.48. The minimum Gasteiger partial charge on any atom is -0.377 e. The van der Waals surface area contributed by atoms with Crippen LogP contribution in [-0.4, -0.2) is 36.7 Å². The summed E-state index contributed by atoms with van der Waals surface area (Å²) in [5.74, 6) is 0.159. The smallest absolute Gasteiger partial charge is 0.231 e. The number of carbonyl (C=O) groups excluding carboxylic acids is 2. The van der Waals surface area contributed by atoms with Crippen molar-refractivity contribution in [3.05, 3.63) is 59.7 Å². The van der Waals surface area contributed by atoms with Gasteiger partial charge in [0.1, 0.15) is 0 Å². The summed E-state index contributed by atoms with van der Waals surface area (Å²) in [5.41, 5.74) is 2.51. The summed E-state index contributed by atoms with van der Waals surface area (Å²) in [5, 5.41) is 2.99. The minimum absolute atomic E-state index is 0.0706. The predicted octanol–water partition coefficient (Wildman–Crippen LogP) is 6.09. The molecule has 33 heavy (non-hydrogen) atoms. The van der Waals surface area contributed by atoms with Crippen LogP contribution in [0.4, 0.5) is 11.4 Å². The Morgan fingerprint density at radius 1 is 1.00 bits per heavy atom. The van der Waals surface area contributed by atoms with Crippen molar-refractivity contribution in [3.8, 4) is 0 Å². The molecule has 2 amide bonds. The van der Waals surface area contributed by atoms with Crippen LogP contribution in [0.1, 0.15) is 58.7 Å². The van der Waals surface area contributed by atoms with Gasteiger partial charge in [-0.15, -0.1) is 11.6 Å². The van der Waals surface area contributed by atoms with Gasteiger partial charge in [0.15, 0.2) is 0 Å². The quantitative estimate of drug-likeness (QED) is 0.474. The van der Waals surface area contributed by atoms with E-state index in [0.29, 0.717) is 12.2 Å². The molecule has 0 spiro atoms. The van der Waals surface area contributed by atoms with Crippen molar-refractivity contribution in [2.24, 2.45) is 10.8 Å². The van der Waals surface area contributed by atoms with Crippen LogP contribution in [0.3, 0.4) is 0 Å². The zero-order chi connectivity index (χ0) is 25.0. The molecule has 6 heteroatoms. The monoisotopic (exact) mass is 471 g/mol. The van der Waals surface area contributed by atoms with E-state index < -0.39 is 10.8 Å². The maximum Gasteiger partial charge on any atom is 0.231 e. The molecule has 0 radical (unpaired) electrons. The molecule has 1 N–H and O–H groups in total. The molecule has 0 aliphatic heterocycles. The number of rotatable bonds is 8. The Morgan fingerprint density at radius 2 is 1.61 bits per heavy atom.